The molecule has 1 aliphatic rings. The Kier molecular flexibility index (Phi) is 6.61. The molecule has 2 aromatic carbocycles. The molecule has 2 amide bonds. The van der Waals surface area contributed by atoms with E-state index in [0.717, 1.165) is 37.3 Å². The molecule has 1 N–H and O–H groups in total. The number of amides is 2. The van der Waals surface area contributed by atoms with E-state index in [2.05, 4.69) is 74.3 Å². The summed E-state index contributed by atoms with van der Waals surface area (Å²) in [4.78, 5) is 17.1. The minimum Gasteiger partial charge on any atom is -0.365 e. The molecule has 28 heavy (non-hydrogen) atoms. The molecule has 4 heteroatoms. The van der Waals surface area contributed by atoms with Crippen LogP contribution in [0.3, 0.4) is 0 Å². The van der Waals surface area contributed by atoms with E-state index in [4.69, 9.17) is 0 Å². The number of carbonyl (C=O) groups excluding carboxylic acids is 1. The van der Waals surface area contributed by atoms with Gasteiger partial charge in [0.1, 0.15) is 0 Å². The maximum Gasteiger partial charge on any atom is 0.321 e. The minimum absolute atomic E-state index is 0.000172. The van der Waals surface area contributed by atoms with Crippen molar-refractivity contribution in [3.8, 4) is 0 Å². The lowest BCUT2D eigenvalue weighted by atomic mass is 10.0. The fourth-order valence-electron chi connectivity index (χ4n) is 3.86. The molecule has 1 atom stereocenters. The first-order valence-electron chi connectivity index (χ1n) is 10.5. The third-order valence-electron chi connectivity index (χ3n) is 5.63. The summed E-state index contributed by atoms with van der Waals surface area (Å²) in [6.07, 6.45) is 3.50. The third-order valence-corrected chi connectivity index (χ3v) is 5.63. The first kappa shape index (κ1) is 20.2. The van der Waals surface area contributed by atoms with Crippen molar-refractivity contribution in [1.82, 2.24) is 4.90 Å². The number of urea groups is 1. The molecule has 0 bridgehead atoms. The van der Waals surface area contributed by atoms with Crippen LogP contribution in [0.25, 0.3) is 0 Å². The Labute approximate surface area is 169 Å². The number of rotatable bonds is 5. The summed E-state index contributed by atoms with van der Waals surface area (Å²) in [5, 5.41) is 3.11. The van der Waals surface area contributed by atoms with Gasteiger partial charge in [-0.2, -0.15) is 0 Å². The second-order valence-corrected chi connectivity index (χ2v) is 8.01. The van der Waals surface area contributed by atoms with Crippen molar-refractivity contribution < 1.29 is 4.79 Å². The van der Waals surface area contributed by atoms with Crippen LogP contribution in [-0.4, -0.2) is 36.6 Å². The summed E-state index contributed by atoms with van der Waals surface area (Å²) in [6.45, 7) is 10.9. The van der Waals surface area contributed by atoms with Crippen molar-refractivity contribution in [2.45, 2.75) is 53.0 Å². The number of piperazine rings is 1. The molecule has 1 saturated heterocycles. The van der Waals surface area contributed by atoms with Crippen molar-refractivity contribution in [1.29, 1.82) is 0 Å². The standard InChI is InChI=1S/C24H33N3O/c1-5-6-7-21-10-13-23(19(3)16-21)25-24(28)26-14-15-27(20(4)17-26)22-11-8-18(2)9-12-22/h8-13,16,20H,5-7,14-15,17H2,1-4H3,(H,25,28). The molecule has 4 nitrogen and oxygen atoms in total. The van der Waals surface area contributed by atoms with E-state index in [1.807, 2.05) is 11.0 Å². The van der Waals surface area contributed by atoms with Gasteiger partial charge in [-0.25, -0.2) is 4.79 Å². The van der Waals surface area contributed by atoms with Gasteiger partial charge in [0.15, 0.2) is 0 Å². The monoisotopic (exact) mass is 379 g/mol. The smallest absolute Gasteiger partial charge is 0.321 e. The van der Waals surface area contributed by atoms with E-state index in [1.54, 1.807) is 0 Å². The number of aryl methyl sites for hydroxylation is 3. The Bertz CT molecular complexity index is 800. The molecule has 3 rings (SSSR count). The van der Waals surface area contributed by atoms with Gasteiger partial charge in [-0.3, -0.25) is 0 Å². The average Bonchev–Trinajstić information content (AvgIpc) is 2.69. The average molecular weight is 380 g/mol. The number of unbranched alkanes of at least 4 members (excludes halogenated alkanes) is 1. The van der Waals surface area contributed by atoms with Crippen molar-refractivity contribution in [2.75, 3.05) is 29.9 Å². The van der Waals surface area contributed by atoms with Crippen LogP contribution in [0.15, 0.2) is 42.5 Å². The van der Waals surface area contributed by atoms with Gasteiger partial charge >= 0.3 is 6.03 Å². The fraction of sp³-hybridized carbons (Fsp3) is 0.458. The quantitative estimate of drug-likeness (QED) is 0.756. The van der Waals surface area contributed by atoms with Crippen molar-refractivity contribution in [3.05, 3.63) is 59.2 Å². The SMILES string of the molecule is CCCCc1ccc(NC(=O)N2CCN(c3ccc(C)cc3)C(C)C2)c(C)c1. The van der Waals surface area contributed by atoms with E-state index in [9.17, 15) is 4.79 Å². The predicted molar refractivity (Wildman–Crippen MR) is 118 cm³/mol. The zero-order valence-corrected chi connectivity index (χ0v) is 17.7. The lowest BCUT2D eigenvalue weighted by Crippen LogP contribution is -2.54. The molecule has 150 valence electrons. The number of nitrogens with zero attached hydrogens (tertiary/aromatic N) is 2. The number of hydrogen-bond donors (Lipinski definition) is 1. The van der Waals surface area contributed by atoms with E-state index in [0.29, 0.717) is 6.04 Å². The molecule has 0 aromatic heterocycles. The fourth-order valence-corrected chi connectivity index (χ4v) is 3.86. The predicted octanol–water partition coefficient (Wildman–Crippen LogP) is 5.39. The van der Waals surface area contributed by atoms with Gasteiger partial charge in [0.25, 0.3) is 0 Å². The molecular formula is C24H33N3O. The number of anilines is 2. The van der Waals surface area contributed by atoms with E-state index in [-0.39, 0.29) is 6.03 Å². The summed E-state index contributed by atoms with van der Waals surface area (Å²) < 4.78 is 0. The first-order chi connectivity index (χ1) is 13.5. The van der Waals surface area contributed by atoms with Gasteiger partial charge < -0.3 is 15.1 Å². The van der Waals surface area contributed by atoms with Crippen LogP contribution in [0, 0.1) is 13.8 Å². The molecule has 1 aliphatic heterocycles. The van der Waals surface area contributed by atoms with Crippen LogP contribution in [-0.2, 0) is 6.42 Å². The van der Waals surface area contributed by atoms with E-state index < -0.39 is 0 Å². The summed E-state index contributed by atoms with van der Waals surface area (Å²) in [7, 11) is 0. The van der Waals surface area contributed by atoms with Crippen LogP contribution in [0.5, 0.6) is 0 Å². The maximum atomic E-state index is 12.8. The first-order valence-corrected chi connectivity index (χ1v) is 10.5. The molecule has 1 heterocycles. The summed E-state index contributed by atoms with van der Waals surface area (Å²) in [5.74, 6) is 0. The summed E-state index contributed by atoms with van der Waals surface area (Å²) in [6, 6.07) is 15.3. The molecule has 2 aromatic rings. The zero-order valence-electron chi connectivity index (χ0n) is 17.7. The topological polar surface area (TPSA) is 35.6 Å². The zero-order chi connectivity index (χ0) is 20.1. The molecule has 0 saturated carbocycles. The van der Waals surface area contributed by atoms with Crippen molar-refractivity contribution >= 4 is 17.4 Å². The van der Waals surface area contributed by atoms with E-state index >= 15 is 0 Å². The molecule has 0 radical (unpaired) electrons. The van der Waals surface area contributed by atoms with Gasteiger partial charge in [0.2, 0.25) is 0 Å². The molecule has 0 aliphatic carbocycles. The Balaban J connectivity index is 1.59. The Morgan fingerprint density at radius 3 is 2.50 bits per heavy atom. The third kappa shape index (κ3) is 4.86. The number of benzene rings is 2. The van der Waals surface area contributed by atoms with Gasteiger partial charge in [0, 0.05) is 37.1 Å². The normalized spacial score (nSPS) is 16.9. The number of carbonyl (C=O) groups is 1. The Morgan fingerprint density at radius 1 is 1.11 bits per heavy atom. The second kappa shape index (κ2) is 9.13. The Morgan fingerprint density at radius 2 is 1.86 bits per heavy atom. The van der Waals surface area contributed by atoms with Crippen LogP contribution >= 0.6 is 0 Å². The molecule has 1 fully saturated rings. The van der Waals surface area contributed by atoms with Gasteiger partial charge in [-0.15, -0.1) is 0 Å². The van der Waals surface area contributed by atoms with Gasteiger partial charge in [-0.1, -0.05) is 43.2 Å². The van der Waals surface area contributed by atoms with Crippen LogP contribution in [0.4, 0.5) is 16.2 Å². The highest BCUT2D eigenvalue weighted by molar-refractivity contribution is 5.90. The maximum absolute atomic E-state index is 12.8. The number of hydrogen-bond acceptors (Lipinski definition) is 2. The molecular weight excluding hydrogens is 346 g/mol. The second-order valence-electron chi connectivity index (χ2n) is 8.01. The Hall–Kier alpha value is -2.49. The number of nitrogens with one attached hydrogen (secondary N) is 1. The minimum atomic E-state index is -0.000172. The van der Waals surface area contributed by atoms with Crippen molar-refractivity contribution in [2.24, 2.45) is 0 Å². The summed E-state index contributed by atoms with van der Waals surface area (Å²) in [5.41, 5.74) is 5.90. The highest BCUT2D eigenvalue weighted by Gasteiger charge is 2.27. The highest BCUT2D eigenvalue weighted by atomic mass is 16.2. The summed E-state index contributed by atoms with van der Waals surface area (Å²) >= 11 is 0. The lowest BCUT2D eigenvalue weighted by Gasteiger charge is -2.41. The van der Waals surface area contributed by atoms with Crippen LogP contribution < -0.4 is 10.2 Å². The van der Waals surface area contributed by atoms with Crippen LogP contribution in [0.1, 0.15) is 43.4 Å². The van der Waals surface area contributed by atoms with Crippen molar-refractivity contribution in [3.63, 3.8) is 0 Å². The molecule has 1 unspecified atom stereocenters. The lowest BCUT2D eigenvalue weighted by molar-refractivity contribution is 0.200. The van der Waals surface area contributed by atoms with Gasteiger partial charge in [0.05, 0.1) is 0 Å². The largest absolute Gasteiger partial charge is 0.365 e. The van der Waals surface area contributed by atoms with Gasteiger partial charge in [-0.05, 0) is 62.9 Å². The highest BCUT2D eigenvalue weighted by Crippen LogP contribution is 2.23. The molecule has 0 spiro atoms. The van der Waals surface area contributed by atoms with E-state index in [1.165, 1.54) is 29.7 Å². The van der Waals surface area contributed by atoms with Crippen LogP contribution in [0.2, 0.25) is 0 Å².